The summed E-state index contributed by atoms with van der Waals surface area (Å²) in [5.74, 6) is 0.308. The average molecular weight is 308 g/mol. The number of rotatable bonds is 6. The van der Waals surface area contributed by atoms with Gasteiger partial charge in [-0.15, -0.1) is 0 Å². The molecular formula is C14H16N2O4S. The van der Waals surface area contributed by atoms with Crippen LogP contribution in [0.3, 0.4) is 0 Å². The van der Waals surface area contributed by atoms with Crippen molar-refractivity contribution in [3.05, 3.63) is 34.3 Å². The standard InChI is InChI=1S/C14H16N2O4S/c1-19-10-6-4-8(7-11(10)20-2)3-5-9-12(13(17)18)21-14(15)16-9/h4,6-7H,3,5H2,1-2H3,(H2,15,16)(H,17,18). The third-order valence-corrected chi connectivity index (χ3v) is 3.92. The molecule has 0 unspecified atom stereocenters. The van der Waals surface area contributed by atoms with Gasteiger partial charge in [0.1, 0.15) is 4.88 Å². The third kappa shape index (κ3) is 3.43. The van der Waals surface area contributed by atoms with Crippen molar-refractivity contribution in [1.29, 1.82) is 0 Å². The number of nitrogen functional groups attached to an aromatic ring is 1. The lowest BCUT2D eigenvalue weighted by atomic mass is 10.1. The van der Waals surface area contributed by atoms with Gasteiger partial charge >= 0.3 is 5.97 Å². The Morgan fingerprint density at radius 2 is 2.00 bits per heavy atom. The minimum absolute atomic E-state index is 0.202. The number of benzene rings is 1. The summed E-state index contributed by atoms with van der Waals surface area (Å²) in [6.07, 6.45) is 1.15. The zero-order chi connectivity index (χ0) is 15.4. The Balaban J connectivity index is 2.15. The first-order valence-electron chi connectivity index (χ1n) is 6.24. The van der Waals surface area contributed by atoms with E-state index in [1.807, 2.05) is 18.2 Å². The van der Waals surface area contributed by atoms with E-state index in [1.54, 1.807) is 14.2 Å². The Kier molecular flexibility index (Phi) is 4.64. The lowest BCUT2D eigenvalue weighted by Crippen LogP contribution is -2.01. The van der Waals surface area contributed by atoms with Gasteiger partial charge in [0.05, 0.1) is 19.9 Å². The quantitative estimate of drug-likeness (QED) is 0.849. The van der Waals surface area contributed by atoms with Gasteiger partial charge in [-0.05, 0) is 30.5 Å². The maximum atomic E-state index is 11.1. The van der Waals surface area contributed by atoms with Crippen LogP contribution in [0.1, 0.15) is 20.9 Å². The van der Waals surface area contributed by atoms with Gasteiger partial charge in [-0.2, -0.15) is 0 Å². The number of nitrogens with two attached hydrogens (primary N) is 1. The van der Waals surface area contributed by atoms with E-state index in [4.69, 9.17) is 20.3 Å². The van der Waals surface area contributed by atoms with Crippen molar-refractivity contribution in [2.24, 2.45) is 0 Å². The van der Waals surface area contributed by atoms with Gasteiger partial charge in [-0.25, -0.2) is 9.78 Å². The van der Waals surface area contributed by atoms with E-state index in [0.29, 0.717) is 30.0 Å². The molecule has 2 rings (SSSR count). The van der Waals surface area contributed by atoms with E-state index in [2.05, 4.69) is 4.98 Å². The van der Waals surface area contributed by atoms with E-state index in [9.17, 15) is 4.79 Å². The Morgan fingerprint density at radius 1 is 1.29 bits per heavy atom. The lowest BCUT2D eigenvalue weighted by Gasteiger charge is -2.09. The van der Waals surface area contributed by atoms with E-state index >= 15 is 0 Å². The molecule has 0 aliphatic heterocycles. The average Bonchev–Trinajstić information content (AvgIpc) is 2.86. The summed E-state index contributed by atoms with van der Waals surface area (Å²) in [5, 5.41) is 9.38. The van der Waals surface area contributed by atoms with E-state index in [0.717, 1.165) is 16.9 Å². The van der Waals surface area contributed by atoms with Crippen LogP contribution in [0.4, 0.5) is 5.13 Å². The Bertz CT molecular complexity index is 654. The second-order valence-corrected chi connectivity index (χ2v) is 5.35. The number of aryl methyl sites for hydroxylation is 2. The minimum Gasteiger partial charge on any atom is -0.493 e. The summed E-state index contributed by atoms with van der Waals surface area (Å²) < 4.78 is 10.4. The van der Waals surface area contributed by atoms with Crippen molar-refractivity contribution in [3.63, 3.8) is 0 Å². The highest BCUT2D eigenvalue weighted by atomic mass is 32.1. The normalized spacial score (nSPS) is 10.4. The number of carboxylic acid groups (broad SMARTS) is 1. The molecule has 0 fully saturated rings. The van der Waals surface area contributed by atoms with Crippen molar-refractivity contribution in [3.8, 4) is 11.5 Å². The van der Waals surface area contributed by atoms with E-state index in [-0.39, 0.29) is 10.0 Å². The highest BCUT2D eigenvalue weighted by Crippen LogP contribution is 2.28. The van der Waals surface area contributed by atoms with Crippen molar-refractivity contribution in [1.82, 2.24) is 4.98 Å². The number of anilines is 1. The van der Waals surface area contributed by atoms with E-state index in [1.165, 1.54) is 0 Å². The molecule has 0 spiro atoms. The van der Waals surface area contributed by atoms with Gasteiger partial charge in [0, 0.05) is 0 Å². The summed E-state index contributed by atoms with van der Waals surface area (Å²) in [6, 6.07) is 5.61. The number of hydrogen-bond acceptors (Lipinski definition) is 6. The molecule has 21 heavy (non-hydrogen) atoms. The molecule has 3 N–H and O–H groups in total. The van der Waals surface area contributed by atoms with Crippen LogP contribution >= 0.6 is 11.3 Å². The van der Waals surface area contributed by atoms with Crippen LogP contribution in [-0.2, 0) is 12.8 Å². The van der Waals surface area contributed by atoms with Crippen molar-refractivity contribution in [2.75, 3.05) is 20.0 Å². The number of nitrogens with zero attached hydrogens (tertiary/aromatic N) is 1. The molecule has 0 aliphatic carbocycles. The second-order valence-electron chi connectivity index (χ2n) is 4.32. The number of hydrogen-bond donors (Lipinski definition) is 2. The molecule has 0 radical (unpaired) electrons. The molecule has 1 heterocycles. The Morgan fingerprint density at radius 3 is 2.62 bits per heavy atom. The molecule has 0 atom stereocenters. The fraction of sp³-hybridized carbons (Fsp3) is 0.286. The maximum Gasteiger partial charge on any atom is 0.347 e. The number of carboxylic acids is 1. The number of aromatic nitrogens is 1. The SMILES string of the molecule is COc1ccc(CCc2nc(N)sc2C(=O)O)cc1OC. The Labute approximate surface area is 126 Å². The molecule has 0 saturated carbocycles. The van der Waals surface area contributed by atoms with Gasteiger partial charge < -0.3 is 20.3 Å². The first kappa shape index (κ1) is 15.1. The van der Waals surface area contributed by atoms with Crippen LogP contribution < -0.4 is 15.2 Å². The number of ether oxygens (including phenoxy) is 2. The first-order valence-corrected chi connectivity index (χ1v) is 7.06. The zero-order valence-electron chi connectivity index (χ0n) is 11.8. The maximum absolute atomic E-state index is 11.1. The molecule has 7 heteroatoms. The third-order valence-electron chi connectivity index (χ3n) is 3.01. The van der Waals surface area contributed by atoms with Crippen molar-refractivity contribution < 1.29 is 19.4 Å². The lowest BCUT2D eigenvalue weighted by molar-refractivity contribution is 0.0700. The molecule has 0 aliphatic rings. The predicted molar refractivity (Wildman–Crippen MR) is 80.4 cm³/mol. The minimum atomic E-state index is -0.994. The number of carbonyl (C=O) groups is 1. The topological polar surface area (TPSA) is 94.7 Å². The van der Waals surface area contributed by atoms with Crippen LogP contribution in [0.15, 0.2) is 18.2 Å². The first-order chi connectivity index (χ1) is 10.0. The molecule has 2 aromatic rings. The van der Waals surface area contributed by atoms with Crippen LogP contribution in [0.2, 0.25) is 0 Å². The van der Waals surface area contributed by atoms with Crippen LogP contribution in [0.5, 0.6) is 11.5 Å². The summed E-state index contributed by atoms with van der Waals surface area (Å²) in [4.78, 5) is 15.4. The smallest absolute Gasteiger partial charge is 0.347 e. The number of methoxy groups -OCH3 is 2. The van der Waals surface area contributed by atoms with Gasteiger partial charge in [0.15, 0.2) is 16.6 Å². The number of thiazole rings is 1. The predicted octanol–water partition coefficient (Wildman–Crippen LogP) is 2.23. The van der Waals surface area contributed by atoms with Gasteiger partial charge in [0.2, 0.25) is 0 Å². The molecule has 6 nitrogen and oxygen atoms in total. The van der Waals surface area contributed by atoms with Crippen LogP contribution in [0, 0.1) is 0 Å². The van der Waals surface area contributed by atoms with Gasteiger partial charge in [0.25, 0.3) is 0 Å². The second kappa shape index (κ2) is 6.45. The summed E-state index contributed by atoms with van der Waals surface area (Å²) >= 11 is 0.994. The zero-order valence-corrected chi connectivity index (χ0v) is 12.6. The molecule has 1 aromatic carbocycles. The van der Waals surface area contributed by atoms with Crippen molar-refractivity contribution >= 4 is 22.4 Å². The van der Waals surface area contributed by atoms with Crippen LogP contribution in [0.25, 0.3) is 0 Å². The van der Waals surface area contributed by atoms with Crippen LogP contribution in [-0.4, -0.2) is 30.3 Å². The summed E-state index contributed by atoms with van der Waals surface area (Å²) in [6.45, 7) is 0. The molecule has 112 valence electrons. The largest absolute Gasteiger partial charge is 0.493 e. The molecule has 1 aromatic heterocycles. The molecule has 0 bridgehead atoms. The summed E-state index contributed by atoms with van der Waals surface area (Å²) in [7, 11) is 3.15. The van der Waals surface area contributed by atoms with Gasteiger partial charge in [-0.1, -0.05) is 17.4 Å². The fourth-order valence-corrected chi connectivity index (χ4v) is 2.72. The summed E-state index contributed by atoms with van der Waals surface area (Å²) in [5.41, 5.74) is 7.10. The monoisotopic (exact) mass is 308 g/mol. The highest BCUT2D eigenvalue weighted by molar-refractivity contribution is 7.17. The number of aromatic carboxylic acids is 1. The molecular weight excluding hydrogens is 292 g/mol. The van der Waals surface area contributed by atoms with Gasteiger partial charge in [-0.3, -0.25) is 0 Å². The molecule has 0 amide bonds. The molecule has 0 saturated heterocycles. The fourth-order valence-electron chi connectivity index (χ4n) is 2.01. The highest BCUT2D eigenvalue weighted by Gasteiger charge is 2.16. The van der Waals surface area contributed by atoms with E-state index < -0.39 is 5.97 Å². The Hall–Kier alpha value is -2.28. The van der Waals surface area contributed by atoms with Crippen molar-refractivity contribution in [2.45, 2.75) is 12.8 Å².